The maximum absolute atomic E-state index is 11.4. The van der Waals surface area contributed by atoms with Gasteiger partial charge in [0.2, 0.25) is 0 Å². The third kappa shape index (κ3) is 9.41. The van der Waals surface area contributed by atoms with Gasteiger partial charge in [0.05, 0.1) is 18.3 Å². The second-order valence-electron chi connectivity index (χ2n) is 7.29. The highest BCUT2D eigenvalue weighted by Crippen LogP contribution is 2.29. The van der Waals surface area contributed by atoms with Gasteiger partial charge in [-0.05, 0) is 32.1 Å². The van der Waals surface area contributed by atoms with Crippen LogP contribution in [-0.4, -0.2) is 35.5 Å². The quantitative estimate of drug-likeness (QED) is 0.273. The van der Waals surface area contributed by atoms with Crippen LogP contribution in [0.25, 0.3) is 0 Å². The lowest BCUT2D eigenvalue weighted by Crippen LogP contribution is -2.31. The number of ether oxygens (including phenoxy) is 2. The molecule has 0 radical (unpaired) electrons. The van der Waals surface area contributed by atoms with E-state index in [-0.39, 0.29) is 24.3 Å². The third-order valence-electron chi connectivity index (χ3n) is 4.97. The smallest absolute Gasteiger partial charge is 0.302 e. The Balaban J connectivity index is 2.36. The minimum Gasteiger partial charge on any atom is -0.460 e. The summed E-state index contributed by atoms with van der Waals surface area (Å²) in [5.41, 5.74) is 0. The number of carbonyl (C=O) groups is 1. The van der Waals surface area contributed by atoms with Crippen LogP contribution in [0.3, 0.4) is 0 Å². The van der Waals surface area contributed by atoms with Gasteiger partial charge in [-0.3, -0.25) is 4.79 Å². The van der Waals surface area contributed by atoms with E-state index in [0.29, 0.717) is 6.42 Å². The van der Waals surface area contributed by atoms with E-state index in [9.17, 15) is 9.90 Å². The molecule has 1 aliphatic heterocycles. The zero-order chi connectivity index (χ0) is 18.5. The third-order valence-corrected chi connectivity index (χ3v) is 4.97. The Morgan fingerprint density at radius 3 is 2.64 bits per heavy atom. The molecule has 1 fully saturated rings. The van der Waals surface area contributed by atoms with Gasteiger partial charge >= 0.3 is 5.97 Å². The molecule has 0 aromatic carbocycles. The second kappa shape index (κ2) is 13.3. The van der Waals surface area contributed by atoms with Gasteiger partial charge in [-0.25, -0.2) is 0 Å². The van der Waals surface area contributed by atoms with Crippen molar-refractivity contribution in [1.29, 1.82) is 0 Å². The number of rotatable bonds is 14. The summed E-state index contributed by atoms with van der Waals surface area (Å²) in [6, 6.07) is 0. The van der Waals surface area contributed by atoms with E-state index in [1.54, 1.807) is 0 Å². The summed E-state index contributed by atoms with van der Waals surface area (Å²) < 4.78 is 11.6. The van der Waals surface area contributed by atoms with E-state index >= 15 is 0 Å². The summed E-state index contributed by atoms with van der Waals surface area (Å²) >= 11 is 0. The molecule has 4 heteroatoms. The maximum atomic E-state index is 11.4. The molecule has 25 heavy (non-hydrogen) atoms. The van der Waals surface area contributed by atoms with E-state index in [4.69, 9.17) is 9.47 Å². The van der Waals surface area contributed by atoms with Crippen LogP contribution in [0.4, 0.5) is 0 Å². The van der Waals surface area contributed by atoms with E-state index in [1.807, 2.05) is 6.08 Å². The van der Waals surface area contributed by atoms with Crippen LogP contribution in [-0.2, 0) is 14.3 Å². The molecule has 0 aromatic heterocycles. The van der Waals surface area contributed by atoms with Gasteiger partial charge in [-0.2, -0.15) is 0 Å². The van der Waals surface area contributed by atoms with Crippen molar-refractivity contribution in [3.05, 3.63) is 12.7 Å². The van der Waals surface area contributed by atoms with Crippen molar-refractivity contribution >= 4 is 5.97 Å². The fraction of sp³-hybridized carbons (Fsp3) is 0.857. The monoisotopic (exact) mass is 354 g/mol. The van der Waals surface area contributed by atoms with Gasteiger partial charge < -0.3 is 14.6 Å². The van der Waals surface area contributed by atoms with E-state index < -0.39 is 6.10 Å². The highest BCUT2D eigenvalue weighted by Gasteiger charge is 2.38. The Bertz CT molecular complexity index is 369. The van der Waals surface area contributed by atoms with Gasteiger partial charge in [0.15, 0.2) is 0 Å². The topological polar surface area (TPSA) is 55.8 Å². The fourth-order valence-electron chi connectivity index (χ4n) is 3.55. The summed E-state index contributed by atoms with van der Waals surface area (Å²) in [6.45, 7) is 7.36. The lowest BCUT2D eigenvalue weighted by atomic mass is 10.00. The fourth-order valence-corrected chi connectivity index (χ4v) is 3.55. The largest absolute Gasteiger partial charge is 0.460 e. The first-order valence-corrected chi connectivity index (χ1v) is 10.2. The van der Waals surface area contributed by atoms with Crippen LogP contribution in [0.15, 0.2) is 12.7 Å². The van der Waals surface area contributed by atoms with E-state index in [2.05, 4.69) is 13.5 Å². The molecule has 1 N–H and O–H groups in total. The van der Waals surface area contributed by atoms with Crippen LogP contribution < -0.4 is 0 Å². The van der Waals surface area contributed by atoms with Crippen molar-refractivity contribution in [3.63, 3.8) is 0 Å². The Hall–Kier alpha value is -0.870. The lowest BCUT2D eigenvalue weighted by molar-refractivity contribution is -0.155. The Morgan fingerprint density at radius 2 is 1.96 bits per heavy atom. The summed E-state index contributed by atoms with van der Waals surface area (Å²) in [7, 11) is 0. The minimum absolute atomic E-state index is 0.103. The predicted octanol–water partition coefficient (Wildman–Crippen LogP) is 4.93. The number of allylic oxidation sites excluding steroid dienone is 1. The molecule has 0 aromatic rings. The zero-order valence-corrected chi connectivity index (χ0v) is 16.3. The van der Waals surface area contributed by atoms with Gasteiger partial charge in [0, 0.05) is 13.3 Å². The van der Waals surface area contributed by atoms with Crippen molar-refractivity contribution in [2.45, 2.75) is 115 Å². The first-order chi connectivity index (χ1) is 12.1. The van der Waals surface area contributed by atoms with Crippen molar-refractivity contribution in [2.24, 2.45) is 0 Å². The molecule has 0 spiro atoms. The van der Waals surface area contributed by atoms with Gasteiger partial charge in [0.25, 0.3) is 0 Å². The molecule has 1 heterocycles. The summed E-state index contributed by atoms with van der Waals surface area (Å²) in [6.07, 6.45) is 13.6. The van der Waals surface area contributed by atoms with E-state index in [0.717, 1.165) is 51.4 Å². The summed E-state index contributed by atoms with van der Waals surface area (Å²) in [5, 5.41) is 10.3. The van der Waals surface area contributed by atoms with Gasteiger partial charge in [-0.15, -0.1) is 6.58 Å². The number of esters is 1. The molecule has 0 amide bonds. The van der Waals surface area contributed by atoms with Crippen molar-refractivity contribution in [1.82, 2.24) is 0 Å². The first-order valence-electron chi connectivity index (χ1n) is 10.2. The molecule has 0 unspecified atom stereocenters. The zero-order valence-electron chi connectivity index (χ0n) is 16.3. The molecule has 4 nitrogen and oxygen atoms in total. The normalized spacial score (nSPS) is 24.2. The van der Waals surface area contributed by atoms with Crippen LogP contribution in [0, 0.1) is 0 Å². The van der Waals surface area contributed by atoms with Gasteiger partial charge in [0.1, 0.15) is 6.10 Å². The molecule has 4 atom stereocenters. The van der Waals surface area contributed by atoms with Gasteiger partial charge in [-0.1, -0.05) is 51.5 Å². The molecule has 0 bridgehead atoms. The second-order valence-corrected chi connectivity index (χ2v) is 7.29. The average molecular weight is 355 g/mol. The number of unbranched alkanes of at least 4 members (excludes halogenated alkanes) is 7. The van der Waals surface area contributed by atoms with Crippen LogP contribution >= 0.6 is 0 Å². The maximum Gasteiger partial charge on any atom is 0.302 e. The highest BCUT2D eigenvalue weighted by molar-refractivity contribution is 5.66. The Morgan fingerprint density at radius 1 is 1.24 bits per heavy atom. The molecule has 1 saturated heterocycles. The Kier molecular flexibility index (Phi) is 11.8. The molecule has 1 rings (SSSR count). The van der Waals surface area contributed by atoms with Crippen molar-refractivity contribution in [3.8, 4) is 0 Å². The number of carbonyl (C=O) groups excluding carboxylic acids is 1. The number of hydrogen-bond acceptors (Lipinski definition) is 4. The first kappa shape index (κ1) is 22.2. The molecule has 1 aliphatic rings. The molecular weight excluding hydrogens is 316 g/mol. The number of hydrogen-bond donors (Lipinski definition) is 1. The Labute approximate surface area is 154 Å². The standard InChI is InChI=1S/C21H38O4/c1-4-6-8-9-10-11-13-15-20(24-17(3)22)21-16-18(23)19(25-21)14-12-7-5-2/h4,18-21,23H,1,5-16H2,2-3H3/t18-,19-,20+,21+/m0/s1. The molecular formula is C21H38O4. The van der Waals surface area contributed by atoms with Crippen molar-refractivity contribution < 1.29 is 19.4 Å². The van der Waals surface area contributed by atoms with Crippen LogP contribution in [0.2, 0.25) is 0 Å². The number of aliphatic hydroxyl groups is 1. The summed E-state index contributed by atoms with van der Waals surface area (Å²) in [4.78, 5) is 11.4. The molecule has 146 valence electrons. The van der Waals surface area contributed by atoms with Crippen LogP contribution in [0.5, 0.6) is 0 Å². The SMILES string of the molecule is C=CCCCCCCC[C@@H](OC(C)=O)[C@H]1C[C@H](O)[C@H](CCCCC)O1. The molecule has 0 saturated carbocycles. The highest BCUT2D eigenvalue weighted by atomic mass is 16.6. The summed E-state index contributed by atoms with van der Waals surface area (Å²) in [5.74, 6) is -0.261. The van der Waals surface area contributed by atoms with Crippen LogP contribution in [0.1, 0.15) is 90.9 Å². The predicted molar refractivity (Wildman–Crippen MR) is 101 cm³/mol. The lowest BCUT2D eigenvalue weighted by Gasteiger charge is -2.23. The number of aliphatic hydroxyl groups excluding tert-OH is 1. The van der Waals surface area contributed by atoms with Crippen molar-refractivity contribution in [2.75, 3.05) is 0 Å². The average Bonchev–Trinajstić information content (AvgIpc) is 2.94. The molecule has 0 aliphatic carbocycles. The van der Waals surface area contributed by atoms with E-state index in [1.165, 1.54) is 26.2 Å². The minimum atomic E-state index is -0.432.